The Balaban J connectivity index is 2.13. The standard InChI is InChI=1S/C13H17N3O2/c1-2-9-3-5-11(6-4-9)16-8-10(7-12(16)17)13(18)15-14/h3-6,10H,2,7-8,14H2,1H3,(H,15,18)/t10-/m1/s1. The third kappa shape index (κ3) is 2.36. The maximum atomic E-state index is 11.9. The van der Waals surface area contributed by atoms with Crippen LogP contribution in [0.3, 0.4) is 0 Å². The van der Waals surface area contributed by atoms with Crippen LogP contribution in [0.25, 0.3) is 0 Å². The summed E-state index contributed by atoms with van der Waals surface area (Å²) < 4.78 is 0. The molecule has 3 N–H and O–H groups in total. The van der Waals surface area contributed by atoms with Gasteiger partial charge in [0, 0.05) is 18.7 Å². The Morgan fingerprint density at radius 3 is 2.67 bits per heavy atom. The van der Waals surface area contributed by atoms with Crippen molar-refractivity contribution in [3.8, 4) is 0 Å². The molecule has 5 nitrogen and oxygen atoms in total. The van der Waals surface area contributed by atoms with Crippen molar-refractivity contribution in [2.75, 3.05) is 11.4 Å². The monoisotopic (exact) mass is 247 g/mol. The summed E-state index contributed by atoms with van der Waals surface area (Å²) >= 11 is 0. The molecule has 0 radical (unpaired) electrons. The van der Waals surface area contributed by atoms with E-state index < -0.39 is 0 Å². The maximum absolute atomic E-state index is 11.9. The minimum absolute atomic E-state index is 0.0344. The predicted molar refractivity (Wildman–Crippen MR) is 68.6 cm³/mol. The second-order valence-electron chi connectivity index (χ2n) is 4.43. The van der Waals surface area contributed by atoms with Gasteiger partial charge in [0.1, 0.15) is 0 Å². The predicted octanol–water partition coefficient (Wildman–Crippen LogP) is 0.592. The summed E-state index contributed by atoms with van der Waals surface area (Å²) in [6.07, 6.45) is 1.19. The zero-order valence-corrected chi connectivity index (χ0v) is 10.3. The summed E-state index contributed by atoms with van der Waals surface area (Å²) in [4.78, 5) is 24.9. The lowest BCUT2D eigenvalue weighted by molar-refractivity contribution is -0.126. The minimum atomic E-state index is -0.353. The van der Waals surface area contributed by atoms with Crippen LogP contribution in [0.1, 0.15) is 18.9 Å². The number of carbonyl (C=O) groups excluding carboxylic acids is 2. The van der Waals surface area contributed by atoms with Crippen LogP contribution in [0, 0.1) is 5.92 Å². The van der Waals surface area contributed by atoms with Crippen molar-refractivity contribution in [3.63, 3.8) is 0 Å². The summed E-state index contributed by atoms with van der Waals surface area (Å²) in [6, 6.07) is 7.83. The Labute approximate surface area is 106 Å². The zero-order valence-electron chi connectivity index (χ0n) is 10.3. The largest absolute Gasteiger partial charge is 0.312 e. The number of carbonyl (C=O) groups is 2. The molecule has 18 heavy (non-hydrogen) atoms. The lowest BCUT2D eigenvalue weighted by atomic mass is 10.1. The number of nitrogens with two attached hydrogens (primary N) is 1. The van der Waals surface area contributed by atoms with Crippen LogP contribution < -0.4 is 16.2 Å². The summed E-state index contributed by atoms with van der Waals surface area (Å²) in [7, 11) is 0. The Bertz CT molecular complexity index is 456. The first-order valence-electron chi connectivity index (χ1n) is 6.05. The Kier molecular flexibility index (Phi) is 3.62. The quantitative estimate of drug-likeness (QED) is 0.466. The van der Waals surface area contributed by atoms with Gasteiger partial charge in [-0.1, -0.05) is 19.1 Å². The Morgan fingerprint density at radius 2 is 2.11 bits per heavy atom. The molecule has 2 amide bonds. The van der Waals surface area contributed by atoms with Gasteiger partial charge in [0.2, 0.25) is 11.8 Å². The van der Waals surface area contributed by atoms with Gasteiger partial charge in [-0.3, -0.25) is 15.0 Å². The molecule has 1 heterocycles. The highest BCUT2D eigenvalue weighted by Gasteiger charge is 2.34. The fraction of sp³-hybridized carbons (Fsp3) is 0.385. The van der Waals surface area contributed by atoms with E-state index in [9.17, 15) is 9.59 Å². The fourth-order valence-corrected chi connectivity index (χ4v) is 2.16. The van der Waals surface area contributed by atoms with E-state index in [-0.39, 0.29) is 24.2 Å². The highest BCUT2D eigenvalue weighted by molar-refractivity contribution is 6.00. The average molecular weight is 247 g/mol. The number of benzene rings is 1. The second-order valence-corrected chi connectivity index (χ2v) is 4.43. The zero-order chi connectivity index (χ0) is 13.1. The summed E-state index contributed by atoms with van der Waals surface area (Å²) in [5, 5.41) is 0. The lowest BCUT2D eigenvalue weighted by Gasteiger charge is -2.16. The highest BCUT2D eigenvalue weighted by Crippen LogP contribution is 2.25. The third-order valence-electron chi connectivity index (χ3n) is 3.29. The summed E-state index contributed by atoms with van der Waals surface area (Å²) in [5.41, 5.74) is 4.16. The van der Waals surface area contributed by atoms with Crippen molar-refractivity contribution < 1.29 is 9.59 Å². The van der Waals surface area contributed by atoms with E-state index in [0.717, 1.165) is 12.1 Å². The van der Waals surface area contributed by atoms with Gasteiger partial charge in [-0.05, 0) is 24.1 Å². The van der Waals surface area contributed by atoms with Gasteiger partial charge in [-0.15, -0.1) is 0 Å². The average Bonchev–Trinajstić information content (AvgIpc) is 2.80. The summed E-state index contributed by atoms with van der Waals surface area (Å²) in [6.45, 7) is 2.48. The first kappa shape index (κ1) is 12.6. The van der Waals surface area contributed by atoms with E-state index in [0.29, 0.717) is 6.54 Å². The number of nitrogens with zero attached hydrogens (tertiary/aromatic N) is 1. The van der Waals surface area contributed by atoms with E-state index in [1.54, 1.807) is 4.90 Å². The third-order valence-corrected chi connectivity index (χ3v) is 3.29. The molecule has 2 rings (SSSR count). The first-order chi connectivity index (χ1) is 8.65. The molecule has 1 saturated heterocycles. The molecule has 1 aliphatic heterocycles. The number of hydrogen-bond donors (Lipinski definition) is 2. The van der Waals surface area contributed by atoms with Crippen molar-refractivity contribution in [2.24, 2.45) is 11.8 Å². The molecule has 0 unspecified atom stereocenters. The molecule has 5 heteroatoms. The van der Waals surface area contributed by atoms with Gasteiger partial charge in [0.05, 0.1) is 5.92 Å². The molecule has 1 aliphatic rings. The number of anilines is 1. The van der Waals surface area contributed by atoms with Gasteiger partial charge in [0.25, 0.3) is 0 Å². The van der Waals surface area contributed by atoms with E-state index in [1.165, 1.54) is 5.56 Å². The van der Waals surface area contributed by atoms with Gasteiger partial charge in [-0.25, -0.2) is 5.84 Å². The van der Waals surface area contributed by atoms with Crippen molar-refractivity contribution >= 4 is 17.5 Å². The maximum Gasteiger partial charge on any atom is 0.239 e. The van der Waals surface area contributed by atoms with E-state index in [4.69, 9.17) is 5.84 Å². The molecule has 1 fully saturated rings. The number of amides is 2. The van der Waals surface area contributed by atoms with Gasteiger partial charge >= 0.3 is 0 Å². The lowest BCUT2D eigenvalue weighted by Crippen LogP contribution is -2.37. The van der Waals surface area contributed by atoms with Gasteiger partial charge in [0.15, 0.2) is 0 Å². The minimum Gasteiger partial charge on any atom is -0.312 e. The van der Waals surface area contributed by atoms with E-state index in [2.05, 4.69) is 12.3 Å². The molecule has 1 atom stereocenters. The van der Waals surface area contributed by atoms with E-state index in [1.807, 2.05) is 24.3 Å². The molecule has 1 aromatic carbocycles. The van der Waals surface area contributed by atoms with Gasteiger partial charge < -0.3 is 4.90 Å². The molecule has 0 aliphatic carbocycles. The van der Waals surface area contributed by atoms with Crippen molar-refractivity contribution in [2.45, 2.75) is 19.8 Å². The smallest absolute Gasteiger partial charge is 0.239 e. The number of aryl methyl sites for hydroxylation is 1. The molecular formula is C13H17N3O2. The number of hydrazine groups is 1. The van der Waals surface area contributed by atoms with Crippen LogP contribution in [-0.4, -0.2) is 18.4 Å². The second kappa shape index (κ2) is 5.18. The molecule has 96 valence electrons. The van der Waals surface area contributed by atoms with Crippen LogP contribution in [-0.2, 0) is 16.0 Å². The first-order valence-corrected chi connectivity index (χ1v) is 6.05. The van der Waals surface area contributed by atoms with Crippen LogP contribution in [0.4, 0.5) is 5.69 Å². The molecule has 0 saturated carbocycles. The summed E-state index contributed by atoms with van der Waals surface area (Å²) in [5.74, 6) is 4.42. The number of hydrogen-bond acceptors (Lipinski definition) is 3. The molecular weight excluding hydrogens is 230 g/mol. The topological polar surface area (TPSA) is 75.4 Å². The molecule has 1 aromatic rings. The fourth-order valence-electron chi connectivity index (χ4n) is 2.16. The van der Waals surface area contributed by atoms with Crippen molar-refractivity contribution in [1.82, 2.24) is 5.43 Å². The van der Waals surface area contributed by atoms with Crippen LogP contribution in [0.2, 0.25) is 0 Å². The van der Waals surface area contributed by atoms with Gasteiger partial charge in [-0.2, -0.15) is 0 Å². The number of nitrogens with one attached hydrogen (secondary N) is 1. The van der Waals surface area contributed by atoms with Crippen LogP contribution >= 0.6 is 0 Å². The van der Waals surface area contributed by atoms with Crippen molar-refractivity contribution in [1.29, 1.82) is 0 Å². The normalized spacial score (nSPS) is 19.1. The molecule has 0 spiro atoms. The Hall–Kier alpha value is -1.88. The Morgan fingerprint density at radius 1 is 1.44 bits per heavy atom. The number of rotatable bonds is 3. The van der Waals surface area contributed by atoms with Crippen molar-refractivity contribution in [3.05, 3.63) is 29.8 Å². The highest BCUT2D eigenvalue weighted by atomic mass is 16.2. The van der Waals surface area contributed by atoms with E-state index >= 15 is 0 Å². The SMILES string of the molecule is CCc1ccc(N2C[C@H](C(=O)NN)CC2=O)cc1. The van der Waals surface area contributed by atoms with Crippen LogP contribution in [0.5, 0.6) is 0 Å². The molecule has 0 aromatic heterocycles. The molecule has 0 bridgehead atoms. The van der Waals surface area contributed by atoms with Crippen LogP contribution in [0.15, 0.2) is 24.3 Å².